The molecule has 0 heterocycles. The van der Waals surface area contributed by atoms with Gasteiger partial charge in [-0.05, 0) is 70.6 Å². The fourth-order valence-electron chi connectivity index (χ4n) is 9.92. The minimum absolute atomic E-state index is 0.148. The van der Waals surface area contributed by atoms with Gasteiger partial charge in [0.2, 0.25) is 0 Å². The molecule has 9 heteroatoms. The van der Waals surface area contributed by atoms with Crippen LogP contribution in [0.5, 0.6) is 0 Å². The van der Waals surface area contributed by atoms with Gasteiger partial charge < -0.3 is 33.3 Å². The molecule has 0 aromatic heterocycles. The Morgan fingerprint density at radius 2 is 0.692 bits per heavy atom. The summed E-state index contributed by atoms with van der Waals surface area (Å²) in [7, 11) is 5.93. The lowest BCUT2D eigenvalue weighted by Gasteiger charge is -2.26. The molecule has 2 unspecified atom stereocenters. The van der Waals surface area contributed by atoms with Crippen LogP contribution in [0.25, 0.3) is 0 Å². The quantitative estimate of drug-likeness (QED) is 0.0195. The average Bonchev–Trinajstić information content (AvgIpc) is 3.41. The van der Waals surface area contributed by atoms with Crippen molar-refractivity contribution < 1.29 is 42.9 Å². The second-order valence-corrected chi connectivity index (χ2v) is 24.1. The summed E-state index contributed by atoms with van der Waals surface area (Å²) in [5, 5.41) is 11.8. The van der Waals surface area contributed by atoms with E-state index in [9.17, 15) is 19.5 Å². The SMILES string of the molecule is CCCCCC/C=C\C/C=C\CCCCCCCCCC(=O)OC(COC(=O)CCCCCCCCCCCCCCCCCCCCCCCCC/C=C\CCCCCCCCCC)COC(OCC[N+](C)(C)C)C(=O)[O-]. The van der Waals surface area contributed by atoms with E-state index in [4.69, 9.17) is 18.9 Å². The highest BCUT2D eigenvalue weighted by Gasteiger charge is 2.22. The Hall–Kier alpha value is -2.49. The lowest BCUT2D eigenvalue weighted by atomic mass is 10.0. The van der Waals surface area contributed by atoms with E-state index in [2.05, 4.69) is 50.3 Å². The van der Waals surface area contributed by atoms with Gasteiger partial charge in [0.25, 0.3) is 0 Å². The maximum absolute atomic E-state index is 12.9. The number of carboxylic acids is 1. The fourth-order valence-corrected chi connectivity index (χ4v) is 9.92. The van der Waals surface area contributed by atoms with Gasteiger partial charge in [-0.2, -0.15) is 0 Å². The number of carbonyl (C=O) groups is 3. The van der Waals surface area contributed by atoms with Crippen LogP contribution >= 0.6 is 0 Å². The summed E-state index contributed by atoms with van der Waals surface area (Å²) >= 11 is 0. The third-order valence-electron chi connectivity index (χ3n) is 15.1. The molecular formula is C69H129NO8. The number of esters is 2. The zero-order valence-electron chi connectivity index (χ0n) is 52.3. The molecule has 0 saturated carbocycles. The molecule has 78 heavy (non-hydrogen) atoms. The molecule has 0 aromatic rings. The van der Waals surface area contributed by atoms with Crippen molar-refractivity contribution in [2.24, 2.45) is 0 Å². The summed E-state index contributed by atoms with van der Waals surface area (Å²) < 4.78 is 22.8. The van der Waals surface area contributed by atoms with Gasteiger partial charge in [0.15, 0.2) is 12.4 Å². The van der Waals surface area contributed by atoms with Gasteiger partial charge in [-0.25, -0.2) is 0 Å². The van der Waals surface area contributed by atoms with Crippen LogP contribution in [-0.2, 0) is 33.3 Å². The second kappa shape index (κ2) is 60.6. The van der Waals surface area contributed by atoms with Crippen molar-refractivity contribution >= 4 is 17.9 Å². The molecule has 0 fully saturated rings. The number of likely N-dealkylation sites (N-methyl/N-ethyl adjacent to an activating group) is 1. The van der Waals surface area contributed by atoms with Gasteiger partial charge in [0, 0.05) is 12.8 Å². The number of nitrogens with zero attached hydrogens (tertiary/aromatic N) is 1. The molecule has 0 amide bonds. The molecule has 9 nitrogen and oxygen atoms in total. The second-order valence-electron chi connectivity index (χ2n) is 24.1. The molecule has 0 radical (unpaired) electrons. The van der Waals surface area contributed by atoms with Gasteiger partial charge in [0.05, 0.1) is 40.3 Å². The van der Waals surface area contributed by atoms with Crippen molar-refractivity contribution in [1.82, 2.24) is 0 Å². The van der Waals surface area contributed by atoms with E-state index in [1.165, 1.54) is 244 Å². The summed E-state index contributed by atoms with van der Waals surface area (Å²) in [6.07, 6.45) is 72.3. The maximum atomic E-state index is 12.9. The van der Waals surface area contributed by atoms with Gasteiger partial charge in [-0.1, -0.05) is 281 Å². The minimum Gasteiger partial charge on any atom is -0.545 e. The standard InChI is InChI=1S/C69H129NO8/c1-6-8-10-12-14-16-18-20-22-24-26-27-28-29-30-31-32-33-34-35-36-37-38-39-40-41-42-44-45-47-49-51-53-55-57-59-66(71)76-63-65(64-77-69(68(73)74)75-62-61-70(3,4)5)78-67(72)60-58-56-54-52-50-48-46-43-25-23-21-19-17-15-13-11-9-7-2/h17,19,23-26,65,69H,6-16,18,20-22,27-64H2,1-5H3/b19-17-,25-23-,26-24-. The first-order chi connectivity index (χ1) is 38.1. The minimum atomic E-state index is -1.62. The molecule has 0 bridgehead atoms. The summed E-state index contributed by atoms with van der Waals surface area (Å²) in [4.78, 5) is 37.4. The van der Waals surface area contributed by atoms with Crippen LogP contribution in [-0.4, -0.2) is 82.3 Å². The van der Waals surface area contributed by atoms with E-state index in [1.807, 2.05) is 21.1 Å². The Bertz CT molecular complexity index is 1370. The molecule has 0 aromatic carbocycles. The van der Waals surface area contributed by atoms with E-state index in [0.29, 0.717) is 23.9 Å². The van der Waals surface area contributed by atoms with Crippen LogP contribution in [0.1, 0.15) is 328 Å². The number of carbonyl (C=O) groups excluding carboxylic acids is 3. The van der Waals surface area contributed by atoms with Crippen molar-refractivity contribution in [2.45, 2.75) is 341 Å². The normalized spacial score (nSPS) is 12.9. The smallest absolute Gasteiger partial charge is 0.306 e. The Kier molecular flexibility index (Phi) is 58.7. The molecule has 0 aliphatic heterocycles. The number of rotatable bonds is 63. The van der Waals surface area contributed by atoms with Gasteiger partial charge in [-0.15, -0.1) is 0 Å². The third kappa shape index (κ3) is 61.1. The molecular weight excluding hydrogens is 971 g/mol. The first-order valence-electron chi connectivity index (χ1n) is 33.6. The highest BCUT2D eigenvalue weighted by atomic mass is 16.7. The molecule has 0 rings (SSSR count). The Labute approximate surface area is 483 Å². The van der Waals surface area contributed by atoms with Crippen molar-refractivity contribution in [3.63, 3.8) is 0 Å². The number of aliphatic carboxylic acids is 1. The van der Waals surface area contributed by atoms with Crippen LogP contribution in [0, 0.1) is 0 Å². The van der Waals surface area contributed by atoms with Gasteiger partial charge >= 0.3 is 11.9 Å². The Balaban J connectivity index is 4.01. The van der Waals surface area contributed by atoms with E-state index < -0.39 is 24.3 Å². The van der Waals surface area contributed by atoms with Crippen LogP contribution in [0.15, 0.2) is 36.5 Å². The number of ether oxygens (including phenoxy) is 4. The number of hydrogen-bond donors (Lipinski definition) is 0. The van der Waals surface area contributed by atoms with Crippen molar-refractivity contribution in [3.8, 4) is 0 Å². The third-order valence-corrected chi connectivity index (χ3v) is 15.1. The average molecular weight is 1100 g/mol. The van der Waals surface area contributed by atoms with Crippen molar-refractivity contribution in [1.29, 1.82) is 0 Å². The summed E-state index contributed by atoms with van der Waals surface area (Å²) in [5.41, 5.74) is 0. The van der Waals surface area contributed by atoms with E-state index in [1.54, 1.807) is 0 Å². The molecule has 0 aliphatic rings. The molecule has 0 spiro atoms. The predicted octanol–water partition coefficient (Wildman–Crippen LogP) is 19.1. The fraction of sp³-hybridized carbons (Fsp3) is 0.870. The van der Waals surface area contributed by atoms with Crippen LogP contribution in [0.2, 0.25) is 0 Å². The summed E-state index contributed by atoms with van der Waals surface area (Å²) in [6, 6.07) is 0. The molecule has 2 atom stereocenters. The maximum Gasteiger partial charge on any atom is 0.306 e. The zero-order valence-corrected chi connectivity index (χ0v) is 52.3. The van der Waals surface area contributed by atoms with Gasteiger partial charge in [0.1, 0.15) is 13.2 Å². The molecule has 0 aliphatic carbocycles. The van der Waals surface area contributed by atoms with Crippen LogP contribution in [0.3, 0.4) is 0 Å². The summed E-state index contributed by atoms with van der Waals surface area (Å²) in [5.74, 6) is -2.27. The Morgan fingerprint density at radius 3 is 1.04 bits per heavy atom. The number of unbranched alkanes of at least 4 members (excludes halogenated alkanes) is 42. The van der Waals surface area contributed by atoms with Crippen LogP contribution < -0.4 is 5.11 Å². The topological polar surface area (TPSA) is 111 Å². The highest BCUT2D eigenvalue weighted by Crippen LogP contribution is 2.18. The summed E-state index contributed by atoms with van der Waals surface area (Å²) in [6.45, 7) is 4.77. The first kappa shape index (κ1) is 75.5. The van der Waals surface area contributed by atoms with Gasteiger partial charge in [-0.3, -0.25) is 9.59 Å². The van der Waals surface area contributed by atoms with E-state index >= 15 is 0 Å². The number of quaternary nitrogens is 1. The van der Waals surface area contributed by atoms with E-state index in [0.717, 1.165) is 51.4 Å². The Morgan fingerprint density at radius 1 is 0.385 bits per heavy atom. The number of carboxylic acid groups (broad SMARTS) is 1. The molecule has 458 valence electrons. The predicted molar refractivity (Wildman–Crippen MR) is 329 cm³/mol. The lowest BCUT2D eigenvalue weighted by molar-refractivity contribution is -0.870. The first-order valence-corrected chi connectivity index (χ1v) is 33.6. The molecule has 0 saturated heterocycles. The van der Waals surface area contributed by atoms with Crippen molar-refractivity contribution in [3.05, 3.63) is 36.5 Å². The number of hydrogen-bond acceptors (Lipinski definition) is 8. The molecule has 0 N–H and O–H groups in total. The zero-order chi connectivity index (χ0) is 56.9. The largest absolute Gasteiger partial charge is 0.545 e. The van der Waals surface area contributed by atoms with Crippen LogP contribution in [0.4, 0.5) is 0 Å². The number of allylic oxidation sites excluding steroid dienone is 6. The lowest BCUT2D eigenvalue weighted by Crippen LogP contribution is -2.44. The van der Waals surface area contributed by atoms with Crippen molar-refractivity contribution in [2.75, 3.05) is 47.5 Å². The van der Waals surface area contributed by atoms with E-state index in [-0.39, 0.29) is 32.2 Å². The monoisotopic (exact) mass is 1100 g/mol. The highest BCUT2D eigenvalue weighted by molar-refractivity contribution is 5.70.